The highest BCUT2D eigenvalue weighted by Gasteiger charge is 2.52. The van der Waals surface area contributed by atoms with Crippen molar-refractivity contribution in [3.63, 3.8) is 0 Å². The molecule has 0 radical (unpaired) electrons. The summed E-state index contributed by atoms with van der Waals surface area (Å²) in [5.41, 5.74) is 0.209. The summed E-state index contributed by atoms with van der Waals surface area (Å²) in [6.45, 7) is 9.58. The molecule has 3 atom stereocenters. The predicted octanol–water partition coefficient (Wildman–Crippen LogP) is 3.74. The van der Waals surface area contributed by atoms with Crippen LogP contribution in [0.3, 0.4) is 0 Å². The molecule has 3 fully saturated rings. The third-order valence-corrected chi connectivity index (χ3v) is 7.38. The van der Waals surface area contributed by atoms with Crippen molar-refractivity contribution in [3.05, 3.63) is 24.4 Å². The van der Waals surface area contributed by atoms with Crippen LogP contribution in [0.4, 0.5) is 0 Å². The first-order chi connectivity index (χ1) is 13.5. The maximum absolute atomic E-state index is 6.24. The Labute approximate surface area is 170 Å². The Bertz CT molecular complexity index is 632. The number of ether oxygens (including phenoxy) is 2. The summed E-state index contributed by atoms with van der Waals surface area (Å²) >= 11 is 0. The second-order valence-electron chi connectivity index (χ2n) is 9.55. The van der Waals surface area contributed by atoms with Gasteiger partial charge in [-0.1, -0.05) is 12.5 Å². The molecule has 0 aromatic carbocycles. The monoisotopic (exact) mass is 387 g/mol. The Morgan fingerprint density at radius 1 is 1.14 bits per heavy atom. The fourth-order valence-corrected chi connectivity index (χ4v) is 5.74. The Hall–Kier alpha value is -1.17. The van der Waals surface area contributed by atoms with Crippen molar-refractivity contribution in [2.75, 3.05) is 33.3 Å². The lowest BCUT2D eigenvalue weighted by molar-refractivity contribution is -0.0885. The van der Waals surface area contributed by atoms with Crippen LogP contribution in [-0.4, -0.2) is 71.4 Å². The Balaban J connectivity index is 1.45. The van der Waals surface area contributed by atoms with Crippen molar-refractivity contribution in [1.29, 1.82) is 0 Å². The van der Waals surface area contributed by atoms with Gasteiger partial charge >= 0.3 is 0 Å². The minimum absolute atomic E-state index is 0.00194. The minimum Gasteiger partial charge on any atom is -0.474 e. The van der Waals surface area contributed by atoms with Gasteiger partial charge in [-0.15, -0.1) is 0 Å². The molecule has 1 aliphatic carbocycles. The second kappa shape index (κ2) is 8.29. The number of methoxy groups -OCH3 is 1. The van der Waals surface area contributed by atoms with Crippen molar-refractivity contribution in [2.24, 2.45) is 0 Å². The first-order valence-corrected chi connectivity index (χ1v) is 11.1. The summed E-state index contributed by atoms with van der Waals surface area (Å²) in [4.78, 5) is 9.76. The molecule has 0 unspecified atom stereocenters. The zero-order chi connectivity index (χ0) is 19.6. The maximum atomic E-state index is 6.24. The third kappa shape index (κ3) is 4.07. The second-order valence-corrected chi connectivity index (χ2v) is 9.55. The standard InChI is InChI=1S/C23H37N3O2/c1-22(2,26-14-7-4-8-15-26)18-25-16-12-23(27-3)11-10-19(17-20(23)25)28-21-9-5-6-13-24-21/h5-6,9,13,19-20H,4,7-8,10-12,14-18H2,1-3H3/t19-,20-,23+/m0/s1. The van der Waals surface area contributed by atoms with E-state index < -0.39 is 0 Å². The molecule has 28 heavy (non-hydrogen) atoms. The van der Waals surface area contributed by atoms with Crippen LogP contribution in [0.5, 0.6) is 5.88 Å². The van der Waals surface area contributed by atoms with Crippen LogP contribution in [0.25, 0.3) is 0 Å². The fourth-order valence-electron chi connectivity index (χ4n) is 5.74. The molecule has 0 amide bonds. The number of hydrogen-bond acceptors (Lipinski definition) is 5. The summed E-state index contributed by atoms with van der Waals surface area (Å²) in [5.74, 6) is 0.746. The molecule has 5 heteroatoms. The van der Waals surface area contributed by atoms with Crippen LogP contribution in [-0.2, 0) is 4.74 Å². The number of hydrogen-bond donors (Lipinski definition) is 0. The van der Waals surface area contributed by atoms with Gasteiger partial charge in [0.1, 0.15) is 6.10 Å². The van der Waals surface area contributed by atoms with Gasteiger partial charge in [-0.05, 0) is 65.1 Å². The van der Waals surface area contributed by atoms with Crippen LogP contribution in [0.2, 0.25) is 0 Å². The molecule has 0 bridgehead atoms. The topological polar surface area (TPSA) is 37.8 Å². The van der Waals surface area contributed by atoms with E-state index in [0.29, 0.717) is 6.04 Å². The van der Waals surface area contributed by atoms with E-state index in [4.69, 9.17) is 9.47 Å². The van der Waals surface area contributed by atoms with Crippen molar-refractivity contribution in [2.45, 2.75) is 82.1 Å². The van der Waals surface area contributed by atoms with Gasteiger partial charge in [-0.25, -0.2) is 4.98 Å². The van der Waals surface area contributed by atoms with Gasteiger partial charge in [-0.3, -0.25) is 9.80 Å². The SMILES string of the molecule is CO[C@@]12CC[C@H](Oc3ccccn3)C[C@@H]1N(CC(C)(C)N1CCCCC1)CC2. The lowest BCUT2D eigenvalue weighted by Gasteiger charge is -2.47. The van der Waals surface area contributed by atoms with Gasteiger partial charge in [0.25, 0.3) is 0 Å². The van der Waals surface area contributed by atoms with Gasteiger partial charge in [0.05, 0.1) is 5.60 Å². The van der Waals surface area contributed by atoms with E-state index in [-0.39, 0.29) is 17.2 Å². The van der Waals surface area contributed by atoms with E-state index in [2.05, 4.69) is 28.6 Å². The normalized spacial score (nSPS) is 32.2. The molecule has 1 aromatic heterocycles. The number of nitrogens with zero attached hydrogens (tertiary/aromatic N) is 3. The van der Waals surface area contributed by atoms with Gasteiger partial charge in [0.15, 0.2) is 0 Å². The molecular formula is C23H37N3O2. The van der Waals surface area contributed by atoms with E-state index >= 15 is 0 Å². The molecule has 5 nitrogen and oxygen atoms in total. The van der Waals surface area contributed by atoms with Crippen molar-refractivity contribution in [1.82, 2.24) is 14.8 Å². The Kier molecular flexibility index (Phi) is 5.96. The van der Waals surface area contributed by atoms with Gasteiger partial charge < -0.3 is 9.47 Å². The van der Waals surface area contributed by atoms with E-state index in [1.807, 2.05) is 25.3 Å². The van der Waals surface area contributed by atoms with Crippen molar-refractivity contribution < 1.29 is 9.47 Å². The molecule has 2 aliphatic heterocycles. The van der Waals surface area contributed by atoms with Crippen LogP contribution in [0, 0.1) is 0 Å². The fraction of sp³-hybridized carbons (Fsp3) is 0.783. The lowest BCUT2D eigenvalue weighted by atomic mass is 9.79. The van der Waals surface area contributed by atoms with E-state index in [0.717, 1.165) is 44.7 Å². The number of fused-ring (bicyclic) bond motifs is 1. The summed E-state index contributed by atoms with van der Waals surface area (Å²) < 4.78 is 12.4. The number of pyridine rings is 1. The highest BCUT2D eigenvalue weighted by molar-refractivity contribution is 5.12. The zero-order valence-corrected chi connectivity index (χ0v) is 17.9. The summed E-state index contributed by atoms with van der Waals surface area (Å²) in [6, 6.07) is 6.33. The van der Waals surface area contributed by atoms with Crippen molar-refractivity contribution >= 4 is 0 Å². The molecular weight excluding hydrogens is 350 g/mol. The number of piperidine rings is 1. The molecule has 2 saturated heterocycles. The van der Waals surface area contributed by atoms with E-state index in [1.54, 1.807) is 6.20 Å². The van der Waals surface area contributed by atoms with Crippen LogP contribution in [0.15, 0.2) is 24.4 Å². The van der Waals surface area contributed by atoms with E-state index in [9.17, 15) is 0 Å². The predicted molar refractivity (Wildman–Crippen MR) is 112 cm³/mol. The van der Waals surface area contributed by atoms with Crippen LogP contribution in [0.1, 0.15) is 58.8 Å². The van der Waals surface area contributed by atoms with Gasteiger partial charge in [-0.2, -0.15) is 0 Å². The number of aromatic nitrogens is 1. The minimum atomic E-state index is 0.00194. The van der Waals surface area contributed by atoms with Gasteiger partial charge in [0.2, 0.25) is 5.88 Å². The summed E-state index contributed by atoms with van der Waals surface area (Å²) in [7, 11) is 1.91. The summed E-state index contributed by atoms with van der Waals surface area (Å²) in [5, 5.41) is 0. The van der Waals surface area contributed by atoms with Crippen LogP contribution >= 0.6 is 0 Å². The first kappa shape index (κ1) is 20.1. The summed E-state index contributed by atoms with van der Waals surface area (Å²) in [6.07, 6.45) is 10.4. The molecule has 0 N–H and O–H groups in total. The number of rotatable bonds is 6. The highest BCUT2D eigenvalue weighted by atomic mass is 16.5. The third-order valence-electron chi connectivity index (χ3n) is 7.38. The Morgan fingerprint density at radius 2 is 1.96 bits per heavy atom. The highest BCUT2D eigenvalue weighted by Crippen LogP contribution is 2.44. The first-order valence-electron chi connectivity index (χ1n) is 11.1. The molecule has 4 rings (SSSR count). The van der Waals surface area contributed by atoms with E-state index in [1.165, 1.54) is 32.4 Å². The maximum Gasteiger partial charge on any atom is 0.213 e. The smallest absolute Gasteiger partial charge is 0.213 e. The quantitative estimate of drug-likeness (QED) is 0.743. The average Bonchev–Trinajstić information content (AvgIpc) is 3.07. The Morgan fingerprint density at radius 3 is 2.68 bits per heavy atom. The molecule has 3 heterocycles. The van der Waals surface area contributed by atoms with Crippen LogP contribution < -0.4 is 4.74 Å². The lowest BCUT2D eigenvalue weighted by Crippen LogP contribution is -2.58. The molecule has 156 valence electrons. The zero-order valence-electron chi connectivity index (χ0n) is 17.9. The number of likely N-dealkylation sites (tertiary alicyclic amines) is 2. The average molecular weight is 388 g/mol. The molecule has 0 spiro atoms. The van der Waals surface area contributed by atoms with Gasteiger partial charge in [0, 0.05) is 50.5 Å². The molecule has 1 saturated carbocycles. The molecule has 3 aliphatic rings. The van der Waals surface area contributed by atoms with Crippen molar-refractivity contribution in [3.8, 4) is 5.88 Å². The molecule has 1 aromatic rings. The largest absolute Gasteiger partial charge is 0.474 e.